The molecular formula is C38H42N2O8. The molecule has 1 amide bonds. The summed E-state index contributed by atoms with van der Waals surface area (Å²) in [6, 6.07) is 30.0. The van der Waals surface area contributed by atoms with Gasteiger partial charge in [-0.1, -0.05) is 84.9 Å². The van der Waals surface area contributed by atoms with Crippen LogP contribution in [-0.4, -0.2) is 63.4 Å². The zero-order chi connectivity index (χ0) is 34.0. The minimum Gasteiger partial charge on any atom is -0.508 e. The van der Waals surface area contributed by atoms with Crippen molar-refractivity contribution >= 4 is 11.9 Å². The van der Waals surface area contributed by atoms with Gasteiger partial charge in [0.15, 0.2) is 6.29 Å². The number of carbonyl (C=O) groups excluding carboxylic acids is 1. The Hall–Kier alpha value is -4.58. The van der Waals surface area contributed by atoms with Crippen molar-refractivity contribution in [1.29, 1.82) is 0 Å². The molecule has 5 rings (SSSR count). The first kappa shape index (κ1) is 34.7. The number of phenolic OH excluding ortho intramolecular Hbond substituents is 1. The van der Waals surface area contributed by atoms with Crippen molar-refractivity contribution in [3.05, 3.63) is 125 Å². The van der Waals surface area contributed by atoms with Gasteiger partial charge in [0.05, 0.1) is 31.3 Å². The highest BCUT2D eigenvalue weighted by Crippen LogP contribution is 2.39. The van der Waals surface area contributed by atoms with Gasteiger partial charge in [-0.2, -0.15) is 0 Å². The number of phenols is 1. The van der Waals surface area contributed by atoms with E-state index in [0.29, 0.717) is 25.1 Å². The number of aliphatic hydroxyl groups is 2. The first-order chi connectivity index (χ1) is 23.2. The topological polar surface area (TPSA) is 149 Å². The van der Waals surface area contributed by atoms with Crippen LogP contribution in [0.25, 0.3) is 11.1 Å². The van der Waals surface area contributed by atoms with Gasteiger partial charge < -0.3 is 40.1 Å². The highest BCUT2D eigenvalue weighted by Gasteiger charge is 2.33. The summed E-state index contributed by atoms with van der Waals surface area (Å²) in [4.78, 5) is 25.0. The lowest BCUT2D eigenvalue weighted by atomic mass is 9.97. The third-order valence-corrected chi connectivity index (χ3v) is 8.42. The van der Waals surface area contributed by atoms with Crippen molar-refractivity contribution in [2.24, 2.45) is 0 Å². The van der Waals surface area contributed by atoms with Gasteiger partial charge in [0.1, 0.15) is 5.75 Å². The highest BCUT2D eigenvalue weighted by atomic mass is 16.7. The Morgan fingerprint density at radius 3 is 2.35 bits per heavy atom. The van der Waals surface area contributed by atoms with Crippen LogP contribution in [0, 0.1) is 0 Å². The number of likely N-dealkylation sites (N-methyl/N-ethyl adjacent to an activating group) is 1. The second kappa shape index (κ2) is 16.5. The van der Waals surface area contributed by atoms with E-state index in [1.54, 1.807) is 24.3 Å². The number of aliphatic hydroxyl groups excluding tert-OH is 2. The van der Waals surface area contributed by atoms with Gasteiger partial charge in [0.2, 0.25) is 5.91 Å². The molecule has 10 heteroatoms. The summed E-state index contributed by atoms with van der Waals surface area (Å²) in [5.74, 6) is -1.22. The molecule has 1 fully saturated rings. The third kappa shape index (κ3) is 9.50. The van der Waals surface area contributed by atoms with Crippen molar-refractivity contribution in [1.82, 2.24) is 10.2 Å². The van der Waals surface area contributed by atoms with Crippen LogP contribution in [0.4, 0.5) is 0 Å². The van der Waals surface area contributed by atoms with Gasteiger partial charge in [0, 0.05) is 38.0 Å². The van der Waals surface area contributed by atoms with Crippen LogP contribution in [0.1, 0.15) is 65.6 Å². The van der Waals surface area contributed by atoms with Crippen LogP contribution >= 0.6 is 0 Å². The maximum absolute atomic E-state index is 12.1. The van der Waals surface area contributed by atoms with Crippen LogP contribution in [0.5, 0.6) is 5.75 Å². The molecule has 48 heavy (non-hydrogen) atoms. The zero-order valence-electron chi connectivity index (χ0n) is 26.9. The number of aliphatic carboxylic acids is 1. The van der Waals surface area contributed by atoms with Crippen molar-refractivity contribution < 1.29 is 39.5 Å². The number of carbonyl (C=O) groups is 2. The van der Waals surface area contributed by atoms with E-state index in [2.05, 4.69) is 5.32 Å². The summed E-state index contributed by atoms with van der Waals surface area (Å²) in [5, 5.41) is 41.8. The fraction of sp³-hybridized carbons (Fsp3) is 0.316. The summed E-state index contributed by atoms with van der Waals surface area (Å²) < 4.78 is 13.0. The van der Waals surface area contributed by atoms with Gasteiger partial charge in [-0.15, -0.1) is 0 Å². The fourth-order valence-corrected chi connectivity index (χ4v) is 5.87. The SMILES string of the molecule is CN(C[C@H]1C[C@@H](c2ccc(CO)cc2)O[C@@H](c2ccc(-c3ccccc3CNC(=O)CCC(=O)O)cc2)O1)C[C@@H](O)c1cccc(O)c1. The molecule has 0 unspecified atom stereocenters. The summed E-state index contributed by atoms with van der Waals surface area (Å²) in [5.41, 5.74) is 6.05. The predicted octanol–water partition coefficient (Wildman–Crippen LogP) is 5.24. The average molecular weight is 655 g/mol. The quantitative estimate of drug-likeness (QED) is 0.123. The number of rotatable bonds is 14. The minimum atomic E-state index is -1.01. The first-order valence-corrected chi connectivity index (χ1v) is 16.0. The average Bonchev–Trinajstić information content (AvgIpc) is 3.10. The first-order valence-electron chi connectivity index (χ1n) is 16.0. The van der Waals surface area contributed by atoms with Crippen molar-refractivity contribution in [2.75, 3.05) is 20.1 Å². The Kier molecular flexibility index (Phi) is 11.9. The molecule has 1 heterocycles. The molecule has 252 valence electrons. The summed E-state index contributed by atoms with van der Waals surface area (Å²) in [7, 11) is 1.92. The lowest BCUT2D eigenvalue weighted by Crippen LogP contribution is -2.39. The smallest absolute Gasteiger partial charge is 0.303 e. The van der Waals surface area contributed by atoms with Crippen LogP contribution in [0.2, 0.25) is 0 Å². The van der Waals surface area contributed by atoms with E-state index < -0.39 is 18.4 Å². The Bertz CT molecular complexity index is 1660. The number of benzene rings is 4. The number of carboxylic acid groups (broad SMARTS) is 1. The number of nitrogens with zero attached hydrogens (tertiary/aromatic N) is 1. The van der Waals surface area contributed by atoms with E-state index in [1.807, 2.05) is 84.7 Å². The number of hydrogen-bond donors (Lipinski definition) is 5. The minimum absolute atomic E-state index is 0.0426. The molecule has 4 atom stereocenters. The maximum atomic E-state index is 12.1. The van der Waals surface area contributed by atoms with E-state index in [9.17, 15) is 24.9 Å². The lowest BCUT2D eigenvalue weighted by molar-refractivity contribution is -0.252. The van der Waals surface area contributed by atoms with Gasteiger partial charge in [-0.05, 0) is 52.6 Å². The molecule has 5 N–H and O–H groups in total. The summed E-state index contributed by atoms with van der Waals surface area (Å²) >= 11 is 0. The maximum Gasteiger partial charge on any atom is 0.303 e. The monoisotopic (exact) mass is 654 g/mol. The van der Waals surface area contributed by atoms with Gasteiger partial charge >= 0.3 is 5.97 Å². The van der Waals surface area contributed by atoms with Crippen molar-refractivity contribution in [2.45, 2.75) is 57.0 Å². The van der Waals surface area contributed by atoms with Gasteiger partial charge in [-0.3, -0.25) is 9.59 Å². The Morgan fingerprint density at radius 1 is 0.917 bits per heavy atom. The standard InChI is InChI=1S/C38H42N2O8/c1-40(23-34(43)29-6-4-7-31(42)19-29)22-32-20-35(27-11-9-25(24-41)10-12-27)48-38(47-32)28-15-13-26(14-16-28)33-8-3-2-5-30(33)21-39-36(44)17-18-37(45)46/h2-16,19,32,34-35,38,41-43H,17-18,20-24H2,1H3,(H,39,44)(H,45,46)/t32-,34-,35+,38+/m1/s1. The number of nitrogens with one attached hydrogen (secondary N) is 1. The Balaban J connectivity index is 1.30. The second-order valence-electron chi connectivity index (χ2n) is 12.1. The number of carboxylic acids is 1. The van der Waals surface area contributed by atoms with Crippen molar-refractivity contribution in [3.63, 3.8) is 0 Å². The molecule has 0 saturated carbocycles. The lowest BCUT2D eigenvalue weighted by Gasteiger charge is -2.38. The number of amides is 1. The molecular weight excluding hydrogens is 612 g/mol. The molecule has 10 nitrogen and oxygen atoms in total. The Morgan fingerprint density at radius 2 is 1.65 bits per heavy atom. The molecule has 0 radical (unpaired) electrons. The number of ether oxygens (including phenoxy) is 2. The van der Waals surface area contributed by atoms with Crippen LogP contribution in [0.15, 0.2) is 97.1 Å². The van der Waals surface area contributed by atoms with Crippen LogP contribution in [-0.2, 0) is 32.2 Å². The number of hydrogen-bond acceptors (Lipinski definition) is 8. The number of aromatic hydroxyl groups is 1. The zero-order valence-corrected chi connectivity index (χ0v) is 26.9. The summed E-state index contributed by atoms with van der Waals surface area (Å²) in [6.45, 7) is 1.11. The molecule has 1 aliphatic rings. The van der Waals surface area contributed by atoms with Crippen molar-refractivity contribution in [3.8, 4) is 16.9 Å². The van der Waals surface area contributed by atoms with E-state index >= 15 is 0 Å². The largest absolute Gasteiger partial charge is 0.508 e. The molecule has 0 aromatic heterocycles. The molecule has 0 bridgehead atoms. The fourth-order valence-electron chi connectivity index (χ4n) is 5.87. The van der Waals surface area contributed by atoms with E-state index in [1.165, 1.54) is 0 Å². The van der Waals surface area contributed by atoms with E-state index in [4.69, 9.17) is 14.6 Å². The molecule has 4 aromatic carbocycles. The normalized spacial score (nSPS) is 18.4. The van der Waals surface area contributed by atoms with E-state index in [0.717, 1.165) is 33.4 Å². The van der Waals surface area contributed by atoms with Gasteiger partial charge in [0.25, 0.3) is 0 Å². The van der Waals surface area contributed by atoms with Crippen LogP contribution in [0.3, 0.4) is 0 Å². The second-order valence-corrected chi connectivity index (χ2v) is 12.1. The highest BCUT2D eigenvalue weighted by molar-refractivity contribution is 5.80. The van der Waals surface area contributed by atoms with E-state index in [-0.39, 0.29) is 49.9 Å². The molecule has 0 aliphatic carbocycles. The molecule has 1 saturated heterocycles. The van der Waals surface area contributed by atoms with Gasteiger partial charge in [-0.25, -0.2) is 0 Å². The molecule has 1 aliphatic heterocycles. The Labute approximate surface area is 280 Å². The molecule has 4 aromatic rings. The van der Waals surface area contributed by atoms with Crippen LogP contribution < -0.4 is 5.32 Å². The summed E-state index contributed by atoms with van der Waals surface area (Å²) in [6.07, 6.45) is -1.64. The predicted molar refractivity (Wildman–Crippen MR) is 180 cm³/mol. The third-order valence-electron chi connectivity index (χ3n) is 8.42. The molecule has 0 spiro atoms.